The fourth-order valence-electron chi connectivity index (χ4n) is 4.99. The Hall–Kier alpha value is -0.970. The molecule has 1 aliphatic heterocycles. The monoisotopic (exact) mass is 587 g/mol. The topological polar surface area (TPSA) is 84.0 Å². The van der Waals surface area contributed by atoms with Gasteiger partial charge in [0.05, 0.1) is 0 Å². The van der Waals surface area contributed by atoms with Gasteiger partial charge in [0.2, 0.25) is 0 Å². The number of halogens is 2. The molecule has 1 saturated heterocycles. The first-order valence-corrected chi connectivity index (χ1v) is 16.0. The molecule has 2 aromatic rings. The zero-order chi connectivity index (χ0) is 22.6. The third kappa shape index (κ3) is 4.52. The number of anilines is 2. The van der Waals surface area contributed by atoms with E-state index in [1.165, 1.54) is 15.3 Å². The Morgan fingerprint density at radius 1 is 1.25 bits per heavy atom. The summed E-state index contributed by atoms with van der Waals surface area (Å²) in [4.78, 5) is 9.16. The van der Waals surface area contributed by atoms with Gasteiger partial charge >= 0.3 is 163 Å². The molecule has 2 heterocycles. The van der Waals surface area contributed by atoms with Crippen molar-refractivity contribution in [1.82, 2.24) is 14.7 Å². The molecule has 174 valence electrons. The van der Waals surface area contributed by atoms with Gasteiger partial charge in [0.25, 0.3) is 0 Å². The SMILES string of the molecule is Cc1c(CCC2(C)CC[I-]C2)nc(Cl)nc1Nc1cccc(S(=O)(=O)NC23CC(C2)C3)c1. The number of hydrogen-bond acceptors (Lipinski definition) is 5. The van der Waals surface area contributed by atoms with Crippen LogP contribution in [0.3, 0.4) is 0 Å². The van der Waals surface area contributed by atoms with Gasteiger partial charge in [-0.05, 0) is 25.2 Å². The van der Waals surface area contributed by atoms with Crippen molar-refractivity contribution in [2.75, 3.05) is 14.2 Å². The van der Waals surface area contributed by atoms with Crippen LogP contribution in [0.15, 0.2) is 29.2 Å². The fourth-order valence-corrected chi connectivity index (χ4v) is 10.8. The van der Waals surface area contributed by atoms with E-state index in [2.05, 4.69) is 26.9 Å². The van der Waals surface area contributed by atoms with Crippen LogP contribution in [-0.2, 0) is 16.4 Å². The van der Waals surface area contributed by atoms with Gasteiger partial charge in [-0.15, -0.1) is 0 Å². The molecule has 2 N–H and O–H groups in total. The Morgan fingerprint density at radius 3 is 2.69 bits per heavy atom. The molecule has 9 heteroatoms. The molecule has 4 fully saturated rings. The number of nitrogens with zero attached hydrogens (tertiary/aromatic N) is 2. The minimum atomic E-state index is -3.55. The summed E-state index contributed by atoms with van der Waals surface area (Å²) in [7, 11) is -3.55. The summed E-state index contributed by atoms with van der Waals surface area (Å²) >= 11 is 6.63. The average molecular weight is 588 g/mol. The van der Waals surface area contributed by atoms with Crippen molar-refractivity contribution in [2.24, 2.45) is 11.3 Å². The van der Waals surface area contributed by atoms with Crippen LogP contribution in [0.5, 0.6) is 0 Å². The van der Waals surface area contributed by atoms with Crippen molar-refractivity contribution in [1.29, 1.82) is 0 Å². The van der Waals surface area contributed by atoms with Crippen molar-refractivity contribution in [3.63, 3.8) is 0 Å². The number of rotatable bonds is 8. The third-order valence-electron chi connectivity index (χ3n) is 7.23. The second kappa shape index (κ2) is 8.36. The molecule has 1 unspecified atom stereocenters. The van der Waals surface area contributed by atoms with Gasteiger partial charge in [-0.25, -0.2) is 13.1 Å². The van der Waals surface area contributed by atoms with Crippen LogP contribution in [0.2, 0.25) is 5.28 Å². The molecule has 6 rings (SSSR count). The van der Waals surface area contributed by atoms with Gasteiger partial charge < -0.3 is 0 Å². The molecule has 4 aliphatic rings. The Kier molecular flexibility index (Phi) is 5.96. The van der Waals surface area contributed by atoms with E-state index in [-0.39, 0.29) is 15.7 Å². The number of sulfonamides is 1. The number of nitrogens with one attached hydrogen (secondary N) is 2. The van der Waals surface area contributed by atoms with Gasteiger partial charge in [0.1, 0.15) is 0 Å². The maximum absolute atomic E-state index is 12.9. The van der Waals surface area contributed by atoms with Gasteiger partial charge in [0.15, 0.2) is 0 Å². The van der Waals surface area contributed by atoms with E-state index < -0.39 is 10.0 Å². The standard InChI is InChI=1S/C23H29ClIN4O2S/c1-15-19(6-7-22(2)8-9-25-14-22)27-21(24)28-20(15)26-17-4-3-5-18(10-17)32(30,31)29-23-11-16(12-23)13-23/h3-5,10,16,29H,6-9,11-14H2,1-2H3,(H,26,27,28)/q-1. The zero-order valence-corrected chi connectivity index (χ0v) is 22.1. The molecule has 1 atom stereocenters. The van der Waals surface area contributed by atoms with Crippen LogP contribution in [-0.4, -0.2) is 32.8 Å². The molecular weight excluding hydrogens is 559 g/mol. The fraction of sp³-hybridized carbons (Fsp3) is 0.565. The molecule has 32 heavy (non-hydrogen) atoms. The summed E-state index contributed by atoms with van der Waals surface area (Å²) in [5.41, 5.74) is 2.83. The van der Waals surface area contributed by atoms with E-state index in [1.54, 1.807) is 18.2 Å². The van der Waals surface area contributed by atoms with Crippen LogP contribution in [0.4, 0.5) is 11.5 Å². The van der Waals surface area contributed by atoms with Crippen LogP contribution in [0.1, 0.15) is 50.3 Å². The summed E-state index contributed by atoms with van der Waals surface area (Å²) in [6, 6.07) is 6.89. The van der Waals surface area contributed by atoms with Gasteiger partial charge in [0, 0.05) is 5.54 Å². The second-order valence-corrected chi connectivity index (χ2v) is 14.9. The van der Waals surface area contributed by atoms with E-state index in [4.69, 9.17) is 11.6 Å². The minimum absolute atomic E-state index is 0.198. The normalized spacial score (nSPS) is 29.0. The van der Waals surface area contributed by atoms with E-state index in [1.807, 2.05) is 13.0 Å². The first kappa shape index (κ1) is 22.8. The summed E-state index contributed by atoms with van der Waals surface area (Å²) in [5, 5.41) is 3.50. The second-order valence-electron chi connectivity index (χ2n) is 10.0. The van der Waals surface area contributed by atoms with Crippen molar-refractivity contribution in [3.8, 4) is 0 Å². The number of hydrogen-bond donors (Lipinski definition) is 2. The molecular formula is C23H29ClIN4O2S-. The molecule has 0 spiro atoms. The quantitative estimate of drug-likeness (QED) is 0.278. The Labute approximate surface area is 205 Å². The van der Waals surface area contributed by atoms with Crippen LogP contribution in [0.25, 0.3) is 0 Å². The Bertz CT molecular complexity index is 1130. The molecule has 0 radical (unpaired) electrons. The van der Waals surface area contributed by atoms with Crippen molar-refractivity contribution in [3.05, 3.63) is 40.8 Å². The van der Waals surface area contributed by atoms with Crippen molar-refractivity contribution in [2.45, 2.75) is 62.8 Å². The number of aromatic nitrogens is 2. The van der Waals surface area contributed by atoms with Crippen LogP contribution >= 0.6 is 11.6 Å². The zero-order valence-electron chi connectivity index (χ0n) is 18.4. The molecule has 2 bridgehead atoms. The predicted octanol–water partition coefficient (Wildman–Crippen LogP) is 1.44. The van der Waals surface area contributed by atoms with Gasteiger partial charge in [-0.3, -0.25) is 0 Å². The van der Waals surface area contributed by atoms with Gasteiger partial charge in [-0.2, -0.15) is 0 Å². The maximum atomic E-state index is 12.9. The Morgan fingerprint density at radius 2 is 2.03 bits per heavy atom. The summed E-state index contributed by atoms with van der Waals surface area (Å²) in [6.07, 6.45) is 6.21. The molecule has 1 aromatic heterocycles. The van der Waals surface area contributed by atoms with E-state index in [0.717, 1.165) is 43.4 Å². The number of alkyl halides is 2. The molecule has 3 saturated carbocycles. The Balaban J connectivity index is 1.33. The summed E-state index contributed by atoms with van der Waals surface area (Å²) in [6.45, 7) is 4.40. The number of aryl methyl sites for hydroxylation is 1. The van der Waals surface area contributed by atoms with E-state index >= 15 is 0 Å². The third-order valence-corrected chi connectivity index (χ3v) is 12.7. The van der Waals surface area contributed by atoms with Crippen LogP contribution < -0.4 is 31.2 Å². The molecule has 1 aromatic carbocycles. The van der Waals surface area contributed by atoms with Crippen molar-refractivity contribution < 1.29 is 29.6 Å². The molecule has 3 aliphatic carbocycles. The van der Waals surface area contributed by atoms with Crippen molar-refractivity contribution >= 4 is 33.1 Å². The average Bonchev–Trinajstić information content (AvgIpc) is 3.12. The van der Waals surface area contributed by atoms with Gasteiger partial charge in [-0.1, -0.05) is 0 Å². The summed E-state index contributed by atoms with van der Waals surface area (Å²) in [5.74, 6) is 1.34. The first-order valence-electron chi connectivity index (χ1n) is 11.1. The first-order chi connectivity index (χ1) is 15.2. The van der Waals surface area contributed by atoms with Crippen LogP contribution in [0, 0.1) is 18.3 Å². The molecule has 6 nitrogen and oxygen atoms in total. The van der Waals surface area contributed by atoms with E-state index in [9.17, 15) is 8.42 Å². The predicted molar refractivity (Wildman–Crippen MR) is 123 cm³/mol. The summed E-state index contributed by atoms with van der Waals surface area (Å²) < 4.78 is 31.5. The molecule has 0 amide bonds. The van der Waals surface area contributed by atoms with E-state index in [0.29, 0.717) is 44.0 Å². The number of benzene rings is 1.